The number of quaternary nitrogens is 2. The zero-order valence-electron chi connectivity index (χ0n) is 13.0. The average Bonchev–Trinajstić information content (AvgIpc) is 3.02. The highest BCUT2D eigenvalue weighted by Crippen LogP contribution is 2.53. The fraction of sp³-hybridized carbons (Fsp3) is 0.125. The highest BCUT2D eigenvalue weighted by Gasteiger charge is 2.81. The van der Waals surface area contributed by atoms with Gasteiger partial charge in [-0.15, -0.1) is 0 Å². The number of hydrogen-bond donors (Lipinski definition) is 0. The Balaban J connectivity index is 1.99. The number of hydrogen-bond acceptors (Lipinski definition) is 2. The summed E-state index contributed by atoms with van der Waals surface area (Å²) in [6.07, 6.45) is -2.06. The summed E-state index contributed by atoms with van der Waals surface area (Å²) in [7, 11) is 0. The molecular weight excluding hydrogens is 422 g/mol. The minimum Gasteiger partial charge on any atom is -0.203 e. The number of para-hydroxylation sites is 2. The van der Waals surface area contributed by atoms with Crippen LogP contribution in [0.4, 0.5) is 21.0 Å². The number of benzene rings is 2. The molecule has 4 amide bonds. The second-order valence-corrected chi connectivity index (χ2v) is 7.75. The molecule has 2 aromatic rings. The zero-order chi connectivity index (χ0) is 18.7. The molecule has 0 aliphatic carbocycles. The minimum atomic E-state index is -1.03. The van der Waals surface area contributed by atoms with Gasteiger partial charge >= 0.3 is 18.2 Å². The van der Waals surface area contributed by atoms with Crippen LogP contribution < -0.4 is 8.00 Å². The summed E-state index contributed by atoms with van der Waals surface area (Å²) in [6.45, 7) is 0. The molecule has 4 rings (SSSR count). The van der Waals surface area contributed by atoms with Gasteiger partial charge in [0.05, 0.1) is 0 Å². The SMILES string of the molecule is O=C1N(Cl)C2C([N@+]1(Cl)c1ccccc1)[N@@+](Cl)(c1ccccc1)C(=O)N2Cl. The molecule has 0 aromatic heterocycles. The average molecular weight is 434 g/mol. The Morgan fingerprint density at radius 2 is 1.04 bits per heavy atom. The van der Waals surface area contributed by atoms with Crippen molar-refractivity contribution in [2.75, 3.05) is 0 Å². The van der Waals surface area contributed by atoms with Crippen LogP contribution in [0.1, 0.15) is 0 Å². The van der Waals surface area contributed by atoms with Crippen molar-refractivity contribution in [1.29, 1.82) is 0 Å². The molecule has 2 aliphatic heterocycles. The normalized spacial score (nSPS) is 33.7. The van der Waals surface area contributed by atoms with E-state index < -0.39 is 32.4 Å². The molecule has 2 fully saturated rings. The van der Waals surface area contributed by atoms with Crippen molar-refractivity contribution in [1.82, 2.24) is 16.8 Å². The molecule has 134 valence electrons. The molecule has 0 spiro atoms. The summed E-state index contributed by atoms with van der Waals surface area (Å²) in [5.41, 5.74) is 0.854. The molecule has 0 radical (unpaired) electrons. The van der Waals surface area contributed by atoms with Crippen LogP contribution in [0, 0.1) is 0 Å². The lowest BCUT2D eigenvalue weighted by molar-refractivity contribution is 0.198. The lowest BCUT2D eigenvalue weighted by Gasteiger charge is -2.31. The standard InChI is InChI=1S/C16H12Cl4N4O2/c17-21-13-14(23(19,15(21)25)11-7-3-1-4-8-11)24(20,16(26)22(13)18)12-9-5-2-6-10-12/h1-10,13-14H/q+2/t13?,14?,23-,24+. The molecule has 2 heterocycles. The highest BCUT2D eigenvalue weighted by molar-refractivity contribution is 6.42. The molecule has 4 atom stereocenters. The van der Waals surface area contributed by atoms with Crippen molar-refractivity contribution in [2.24, 2.45) is 0 Å². The van der Waals surface area contributed by atoms with E-state index in [0.717, 1.165) is 8.84 Å². The van der Waals surface area contributed by atoms with Gasteiger partial charge in [0.15, 0.2) is 34.9 Å². The predicted octanol–water partition coefficient (Wildman–Crippen LogP) is 5.14. The second kappa shape index (κ2) is 5.99. The Hall–Kier alpha value is -1.54. The van der Waals surface area contributed by atoms with Crippen molar-refractivity contribution in [3.63, 3.8) is 0 Å². The number of nitrogens with zero attached hydrogens (tertiary/aromatic N) is 4. The quantitative estimate of drug-likeness (QED) is 0.615. The molecule has 0 N–H and O–H groups in total. The number of fused-ring (bicyclic) bond motifs is 1. The number of rotatable bonds is 2. The van der Waals surface area contributed by atoms with Crippen molar-refractivity contribution in [3.05, 3.63) is 60.7 Å². The van der Waals surface area contributed by atoms with Gasteiger partial charge in [-0.3, -0.25) is 0 Å². The maximum absolute atomic E-state index is 13.0. The van der Waals surface area contributed by atoms with Gasteiger partial charge in [0, 0.05) is 47.8 Å². The van der Waals surface area contributed by atoms with E-state index in [0.29, 0.717) is 11.4 Å². The van der Waals surface area contributed by atoms with E-state index in [2.05, 4.69) is 0 Å². The molecule has 6 nitrogen and oxygen atoms in total. The molecule has 10 heteroatoms. The number of halogens is 4. The third kappa shape index (κ3) is 2.08. The molecular formula is C16H12Cl4N4O2+2. The summed E-state index contributed by atoms with van der Waals surface area (Å²) >= 11 is 26.1. The van der Waals surface area contributed by atoms with Crippen LogP contribution in [0.3, 0.4) is 0 Å². The first-order valence-corrected chi connectivity index (χ1v) is 8.97. The summed E-state index contributed by atoms with van der Waals surface area (Å²) < 4.78 is 0.0342. The van der Waals surface area contributed by atoms with Crippen molar-refractivity contribution < 1.29 is 9.59 Å². The number of urea groups is 2. The van der Waals surface area contributed by atoms with E-state index in [4.69, 9.17) is 47.1 Å². The van der Waals surface area contributed by atoms with E-state index in [1.54, 1.807) is 60.7 Å². The van der Waals surface area contributed by atoms with Gasteiger partial charge in [0.25, 0.3) is 6.17 Å². The van der Waals surface area contributed by atoms with E-state index in [1.807, 2.05) is 0 Å². The Labute approximate surface area is 169 Å². The van der Waals surface area contributed by atoms with Gasteiger partial charge < -0.3 is 0 Å². The van der Waals surface area contributed by atoms with Gasteiger partial charge in [-0.2, -0.15) is 8.84 Å². The van der Waals surface area contributed by atoms with Gasteiger partial charge in [0.1, 0.15) is 0 Å². The third-order valence-corrected chi connectivity index (χ3v) is 6.42. The number of amides is 4. The van der Waals surface area contributed by atoms with Crippen molar-refractivity contribution >= 4 is 70.5 Å². The largest absolute Gasteiger partial charge is 0.464 e. The fourth-order valence-electron chi connectivity index (χ4n) is 3.46. The first kappa shape index (κ1) is 17.9. The Kier molecular flexibility index (Phi) is 4.11. The maximum atomic E-state index is 13.0. The van der Waals surface area contributed by atoms with Gasteiger partial charge in [-0.25, -0.2) is 9.59 Å². The topological polar surface area (TPSA) is 40.6 Å². The molecule has 2 unspecified atom stereocenters. The fourth-order valence-corrected chi connectivity index (χ4v) is 5.09. The van der Waals surface area contributed by atoms with Crippen LogP contribution in [0.25, 0.3) is 0 Å². The minimum absolute atomic E-state index is 0.427. The summed E-state index contributed by atoms with van der Waals surface area (Å²) in [4.78, 5) is 26.0. The van der Waals surface area contributed by atoms with E-state index in [1.165, 1.54) is 0 Å². The Bertz CT molecular complexity index is 815. The summed E-state index contributed by atoms with van der Waals surface area (Å²) in [6, 6.07) is 15.9. The zero-order valence-corrected chi connectivity index (χ0v) is 16.1. The molecule has 0 saturated carbocycles. The van der Waals surface area contributed by atoms with Crippen LogP contribution in [0.5, 0.6) is 0 Å². The first-order chi connectivity index (χ1) is 12.3. The van der Waals surface area contributed by atoms with Gasteiger partial charge in [-0.1, -0.05) is 44.4 Å². The first-order valence-electron chi connectivity index (χ1n) is 7.61. The number of carbonyl (C=O) groups is 2. The maximum Gasteiger partial charge on any atom is 0.464 e. The molecule has 2 aromatic carbocycles. The second-order valence-electron chi connectivity index (χ2n) is 5.96. The lowest BCUT2D eigenvalue weighted by Crippen LogP contribution is -2.63. The number of carbonyl (C=O) groups excluding carboxylic acids is 2. The Morgan fingerprint density at radius 1 is 0.692 bits per heavy atom. The van der Waals surface area contributed by atoms with Gasteiger partial charge in [-0.05, 0) is 0 Å². The predicted molar refractivity (Wildman–Crippen MR) is 102 cm³/mol. The molecule has 26 heavy (non-hydrogen) atoms. The smallest absolute Gasteiger partial charge is 0.203 e. The monoisotopic (exact) mass is 432 g/mol. The van der Waals surface area contributed by atoms with Crippen LogP contribution >= 0.6 is 47.1 Å². The van der Waals surface area contributed by atoms with Crippen LogP contribution in [0.15, 0.2) is 60.7 Å². The van der Waals surface area contributed by atoms with Crippen molar-refractivity contribution in [3.8, 4) is 0 Å². The third-order valence-electron chi connectivity index (χ3n) is 4.65. The molecule has 2 aliphatic rings. The van der Waals surface area contributed by atoms with Gasteiger partial charge in [0.2, 0.25) is 0 Å². The summed E-state index contributed by atoms with van der Waals surface area (Å²) in [5, 5.41) is 0. The Morgan fingerprint density at radius 3 is 1.38 bits per heavy atom. The van der Waals surface area contributed by atoms with Crippen LogP contribution in [-0.2, 0) is 0 Å². The molecule has 2 saturated heterocycles. The van der Waals surface area contributed by atoms with Crippen LogP contribution in [-0.4, -0.2) is 33.2 Å². The van der Waals surface area contributed by atoms with E-state index >= 15 is 0 Å². The van der Waals surface area contributed by atoms with E-state index in [9.17, 15) is 9.59 Å². The van der Waals surface area contributed by atoms with Crippen LogP contribution in [0.2, 0.25) is 0 Å². The summed E-state index contributed by atoms with van der Waals surface area (Å²) in [5.74, 6) is 0. The molecule has 0 bridgehead atoms. The van der Waals surface area contributed by atoms with Crippen molar-refractivity contribution in [2.45, 2.75) is 12.3 Å². The van der Waals surface area contributed by atoms with E-state index in [-0.39, 0.29) is 0 Å². The highest BCUT2D eigenvalue weighted by atomic mass is 35.5. The lowest BCUT2D eigenvalue weighted by atomic mass is 10.2.